The highest BCUT2D eigenvalue weighted by molar-refractivity contribution is 9.10. The van der Waals surface area contributed by atoms with Gasteiger partial charge in [0.15, 0.2) is 0 Å². The lowest BCUT2D eigenvalue weighted by atomic mass is 10.1. The Morgan fingerprint density at radius 2 is 1.64 bits per heavy atom. The lowest BCUT2D eigenvalue weighted by Gasteiger charge is -2.04. The van der Waals surface area contributed by atoms with Crippen LogP contribution in [0.2, 0.25) is 0 Å². The highest BCUT2D eigenvalue weighted by Gasteiger charge is 2.11. The summed E-state index contributed by atoms with van der Waals surface area (Å²) < 4.78 is 2.76. The molecule has 0 aliphatic heterocycles. The summed E-state index contributed by atoms with van der Waals surface area (Å²) in [5.74, 6) is -0.482. The molecule has 1 aromatic heterocycles. The van der Waals surface area contributed by atoms with E-state index in [1.165, 1.54) is 25.7 Å². The van der Waals surface area contributed by atoms with Crippen LogP contribution in [0, 0.1) is 0 Å². The van der Waals surface area contributed by atoms with Crippen LogP contribution in [0.3, 0.4) is 0 Å². The maximum absolute atomic E-state index is 12.2. The average Bonchev–Trinajstić information content (AvgIpc) is 3.32. The highest BCUT2D eigenvalue weighted by atomic mass is 79.9. The second kappa shape index (κ2) is 15.0. The number of hydrazone groups is 1. The van der Waals surface area contributed by atoms with Crippen molar-refractivity contribution in [2.24, 2.45) is 5.10 Å². The monoisotopic (exact) mass is 551 g/mol. The minimum atomic E-state index is -0.375. The van der Waals surface area contributed by atoms with Crippen molar-refractivity contribution in [3.63, 3.8) is 0 Å². The zero-order valence-electron chi connectivity index (χ0n) is 20.8. The molecule has 7 nitrogen and oxygen atoms in total. The molecule has 0 spiro atoms. The fourth-order valence-corrected chi connectivity index (χ4v) is 4.01. The Hall–Kier alpha value is -3.26. The van der Waals surface area contributed by atoms with Crippen LogP contribution in [0.1, 0.15) is 63.9 Å². The number of unbranched alkanes of at least 4 members (excludes halogenated alkanes) is 6. The SMILES string of the molecule is CCCCCCCCCC(=O)NCC(=O)N/N=C/c1cn(-c2ccccc2)nc1-c1ccc(Br)cc1. The first-order valence-electron chi connectivity index (χ1n) is 12.6. The van der Waals surface area contributed by atoms with Crippen LogP contribution in [-0.4, -0.2) is 34.4 Å². The van der Waals surface area contributed by atoms with Crippen LogP contribution in [0.15, 0.2) is 70.4 Å². The Balaban J connectivity index is 1.52. The second-order valence-corrected chi connectivity index (χ2v) is 9.58. The van der Waals surface area contributed by atoms with Gasteiger partial charge >= 0.3 is 0 Å². The molecule has 0 unspecified atom stereocenters. The van der Waals surface area contributed by atoms with Crippen LogP contribution in [0.25, 0.3) is 16.9 Å². The van der Waals surface area contributed by atoms with Crippen LogP contribution in [-0.2, 0) is 9.59 Å². The van der Waals surface area contributed by atoms with Gasteiger partial charge in [-0.05, 0) is 30.7 Å². The van der Waals surface area contributed by atoms with Gasteiger partial charge in [0.1, 0.15) is 5.69 Å². The summed E-state index contributed by atoms with van der Waals surface area (Å²) in [5, 5.41) is 11.5. The average molecular weight is 553 g/mol. The molecular formula is C28H34BrN5O2. The van der Waals surface area contributed by atoms with Gasteiger partial charge in [0.2, 0.25) is 5.91 Å². The molecule has 0 saturated carbocycles. The Morgan fingerprint density at radius 1 is 0.944 bits per heavy atom. The number of halogens is 1. The van der Waals surface area contributed by atoms with Gasteiger partial charge < -0.3 is 5.32 Å². The maximum Gasteiger partial charge on any atom is 0.259 e. The minimum Gasteiger partial charge on any atom is -0.347 e. The van der Waals surface area contributed by atoms with Gasteiger partial charge in [-0.25, -0.2) is 10.1 Å². The zero-order valence-corrected chi connectivity index (χ0v) is 22.3. The normalized spacial score (nSPS) is 11.1. The van der Waals surface area contributed by atoms with Gasteiger partial charge in [-0.1, -0.05) is 91.7 Å². The summed E-state index contributed by atoms with van der Waals surface area (Å²) in [6.45, 7) is 2.10. The van der Waals surface area contributed by atoms with Crippen LogP contribution >= 0.6 is 15.9 Å². The molecule has 1 heterocycles. The highest BCUT2D eigenvalue weighted by Crippen LogP contribution is 2.24. The number of nitrogens with zero attached hydrogens (tertiary/aromatic N) is 3. The molecule has 2 N–H and O–H groups in total. The lowest BCUT2D eigenvalue weighted by Crippen LogP contribution is -2.34. The van der Waals surface area contributed by atoms with E-state index in [-0.39, 0.29) is 18.4 Å². The number of aromatic nitrogens is 2. The Kier molecular flexibility index (Phi) is 11.4. The molecule has 0 saturated heterocycles. The zero-order chi connectivity index (χ0) is 25.6. The smallest absolute Gasteiger partial charge is 0.259 e. The van der Waals surface area contributed by atoms with Gasteiger partial charge in [0.25, 0.3) is 5.91 Å². The van der Waals surface area contributed by atoms with E-state index in [9.17, 15) is 9.59 Å². The summed E-state index contributed by atoms with van der Waals surface area (Å²) >= 11 is 3.46. The molecular weight excluding hydrogens is 518 g/mol. The predicted molar refractivity (Wildman–Crippen MR) is 148 cm³/mol. The third kappa shape index (κ3) is 9.07. The van der Waals surface area contributed by atoms with Crippen molar-refractivity contribution in [1.82, 2.24) is 20.5 Å². The Bertz CT molecular complexity index is 1130. The van der Waals surface area contributed by atoms with E-state index in [4.69, 9.17) is 5.10 Å². The van der Waals surface area contributed by atoms with E-state index in [2.05, 4.69) is 38.7 Å². The molecule has 0 aliphatic rings. The molecule has 0 bridgehead atoms. The molecule has 0 radical (unpaired) electrons. The molecule has 2 amide bonds. The number of rotatable bonds is 14. The van der Waals surface area contributed by atoms with E-state index in [0.717, 1.165) is 46.2 Å². The van der Waals surface area contributed by atoms with Crippen LogP contribution in [0.4, 0.5) is 0 Å². The summed E-state index contributed by atoms with van der Waals surface area (Å²) in [6.07, 6.45) is 11.9. The number of nitrogens with one attached hydrogen (secondary N) is 2. The molecule has 0 atom stereocenters. The van der Waals surface area contributed by atoms with E-state index in [1.807, 2.05) is 60.8 Å². The quantitative estimate of drug-likeness (QED) is 0.146. The third-order valence-corrected chi connectivity index (χ3v) is 6.26. The van der Waals surface area contributed by atoms with Crippen LogP contribution in [0.5, 0.6) is 0 Å². The summed E-state index contributed by atoms with van der Waals surface area (Å²) in [5.41, 5.74) is 5.84. The predicted octanol–water partition coefficient (Wildman–Crippen LogP) is 6.01. The molecule has 0 aliphatic carbocycles. The first kappa shape index (κ1) is 27.3. The van der Waals surface area contributed by atoms with Crippen molar-refractivity contribution in [1.29, 1.82) is 0 Å². The molecule has 3 rings (SSSR count). The van der Waals surface area contributed by atoms with Gasteiger partial charge in [0, 0.05) is 28.2 Å². The Labute approximate surface area is 221 Å². The maximum atomic E-state index is 12.2. The summed E-state index contributed by atoms with van der Waals surface area (Å²) in [7, 11) is 0. The fraction of sp³-hybridized carbons (Fsp3) is 0.357. The minimum absolute atomic E-state index is 0.102. The van der Waals surface area contributed by atoms with E-state index in [1.54, 1.807) is 10.9 Å². The number of benzene rings is 2. The number of hydrogen-bond donors (Lipinski definition) is 2. The third-order valence-electron chi connectivity index (χ3n) is 5.73. The topological polar surface area (TPSA) is 88.4 Å². The largest absolute Gasteiger partial charge is 0.347 e. The van der Waals surface area contributed by atoms with Crippen molar-refractivity contribution in [3.8, 4) is 16.9 Å². The van der Waals surface area contributed by atoms with Crippen molar-refractivity contribution in [3.05, 3.63) is 70.8 Å². The van der Waals surface area contributed by atoms with Crippen molar-refractivity contribution in [2.45, 2.75) is 58.3 Å². The van der Waals surface area contributed by atoms with Crippen molar-refractivity contribution < 1.29 is 9.59 Å². The van der Waals surface area contributed by atoms with Gasteiger partial charge in [-0.3, -0.25) is 9.59 Å². The molecule has 3 aromatic rings. The standard InChI is InChI=1S/C28H34BrN5O2/c1-2-3-4-5-6-7-11-14-26(35)30-20-27(36)32-31-19-23-21-34(25-12-9-8-10-13-25)33-28(23)22-15-17-24(29)18-16-22/h8-10,12-13,15-19,21H,2-7,11,14,20H2,1H3,(H,30,35)(H,32,36)/b31-19+. The van der Waals surface area contributed by atoms with E-state index in [0.29, 0.717) is 6.42 Å². The van der Waals surface area contributed by atoms with E-state index < -0.39 is 0 Å². The first-order chi connectivity index (χ1) is 17.6. The fourth-order valence-electron chi connectivity index (χ4n) is 3.75. The van der Waals surface area contributed by atoms with Crippen LogP contribution < -0.4 is 10.7 Å². The van der Waals surface area contributed by atoms with Gasteiger partial charge in [-0.15, -0.1) is 0 Å². The molecule has 0 fully saturated rings. The molecule has 2 aromatic carbocycles. The van der Waals surface area contributed by atoms with Crippen molar-refractivity contribution >= 4 is 34.0 Å². The van der Waals surface area contributed by atoms with Gasteiger partial charge in [0.05, 0.1) is 18.4 Å². The van der Waals surface area contributed by atoms with E-state index >= 15 is 0 Å². The Morgan fingerprint density at radius 3 is 2.36 bits per heavy atom. The number of hydrogen-bond acceptors (Lipinski definition) is 4. The van der Waals surface area contributed by atoms with Gasteiger partial charge in [-0.2, -0.15) is 10.2 Å². The summed E-state index contributed by atoms with van der Waals surface area (Å²) in [4.78, 5) is 24.2. The first-order valence-corrected chi connectivity index (χ1v) is 13.4. The lowest BCUT2D eigenvalue weighted by molar-refractivity contribution is -0.126. The summed E-state index contributed by atoms with van der Waals surface area (Å²) in [6, 6.07) is 17.6. The van der Waals surface area contributed by atoms with Crippen molar-refractivity contribution in [2.75, 3.05) is 6.54 Å². The number of carbonyl (C=O) groups is 2. The molecule has 8 heteroatoms. The number of para-hydroxylation sites is 1. The molecule has 190 valence electrons. The second-order valence-electron chi connectivity index (χ2n) is 8.66. The molecule has 36 heavy (non-hydrogen) atoms. The number of amides is 2. The number of carbonyl (C=O) groups excluding carboxylic acids is 2.